The molecular formula is C6H12N4. The van der Waals surface area contributed by atoms with Gasteiger partial charge in [0.2, 0.25) is 0 Å². The van der Waals surface area contributed by atoms with E-state index in [0.717, 1.165) is 18.8 Å². The molecule has 0 radical (unpaired) electrons. The van der Waals surface area contributed by atoms with Gasteiger partial charge in [0.1, 0.15) is 5.82 Å². The van der Waals surface area contributed by atoms with Crippen molar-refractivity contribution < 1.29 is 0 Å². The number of hydrogen-bond acceptors (Lipinski definition) is 3. The van der Waals surface area contributed by atoms with Gasteiger partial charge in [-0.25, -0.2) is 4.68 Å². The fourth-order valence-corrected chi connectivity index (χ4v) is 0.764. The third kappa shape index (κ3) is 1.52. The molecule has 10 heavy (non-hydrogen) atoms. The van der Waals surface area contributed by atoms with E-state index in [1.54, 1.807) is 0 Å². The van der Waals surface area contributed by atoms with E-state index in [1.807, 2.05) is 11.6 Å². The van der Waals surface area contributed by atoms with Crippen LogP contribution in [0, 0.1) is 6.92 Å². The molecule has 0 fully saturated rings. The maximum Gasteiger partial charge on any atom is 0.148 e. The van der Waals surface area contributed by atoms with Gasteiger partial charge in [-0.1, -0.05) is 13.3 Å². The van der Waals surface area contributed by atoms with Crippen LogP contribution in [0.25, 0.3) is 0 Å². The summed E-state index contributed by atoms with van der Waals surface area (Å²) in [6.07, 6.45) is 2.32. The topological polar surface area (TPSA) is 43.6 Å². The van der Waals surface area contributed by atoms with Crippen molar-refractivity contribution in [3.63, 3.8) is 0 Å². The first-order chi connectivity index (χ1) is 4.84. The van der Waals surface area contributed by atoms with Gasteiger partial charge in [0, 0.05) is 6.54 Å². The fourth-order valence-electron chi connectivity index (χ4n) is 0.764. The summed E-state index contributed by atoms with van der Waals surface area (Å²) in [4.78, 5) is 0. The molecule has 1 aromatic heterocycles. The van der Waals surface area contributed by atoms with Crippen LogP contribution in [0.5, 0.6) is 0 Å². The summed E-state index contributed by atoms with van der Waals surface area (Å²) in [5.41, 5.74) is 0. The van der Waals surface area contributed by atoms with Gasteiger partial charge in [-0.2, -0.15) is 0 Å². The third-order valence-electron chi connectivity index (χ3n) is 1.43. The molecule has 0 N–H and O–H groups in total. The summed E-state index contributed by atoms with van der Waals surface area (Å²) in [6.45, 7) is 5.00. The molecule has 0 aliphatic carbocycles. The van der Waals surface area contributed by atoms with E-state index >= 15 is 0 Å². The number of aromatic nitrogens is 4. The zero-order valence-electron chi connectivity index (χ0n) is 6.41. The Hall–Kier alpha value is -0.930. The van der Waals surface area contributed by atoms with Crippen molar-refractivity contribution in [2.24, 2.45) is 0 Å². The molecule has 1 heterocycles. The predicted molar refractivity (Wildman–Crippen MR) is 37.5 cm³/mol. The summed E-state index contributed by atoms with van der Waals surface area (Å²) in [5, 5.41) is 11.1. The van der Waals surface area contributed by atoms with E-state index < -0.39 is 0 Å². The van der Waals surface area contributed by atoms with Gasteiger partial charge < -0.3 is 0 Å². The zero-order valence-corrected chi connectivity index (χ0v) is 6.41. The van der Waals surface area contributed by atoms with Crippen molar-refractivity contribution in [2.45, 2.75) is 33.2 Å². The van der Waals surface area contributed by atoms with Crippen molar-refractivity contribution in [3.8, 4) is 0 Å². The van der Waals surface area contributed by atoms with Gasteiger partial charge in [0.05, 0.1) is 0 Å². The van der Waals surface area contributed by atoms with Crippen LogP contribution in [-0.2, 0) is 6.54 Å². The zero-order chi connectivity index (χ0) is 7.40. The Balaban J connectivity index is 2.49. The Morgan fingerprint density at radius 1 is 1.50 bits per heavy atom. The molecular weight excluding hydrogens is 128 g/mol. The van der Waals surface area contributed by atoms with Crippen molar-refractivity contribution in [1.82, 2.24) is 20.2 Å². The lowest BCUT2D eigenvalue weighted by Crippen LogP contribution is -2.02. The first-order valence-electron chi connectivity index (χ1n) is 3.57. The molecule has 4 nitrogen and oxygen atoms in total. The Bertz CT molecular complexity index is 193. The molecule has 0 spiro atoms. The fraction of sp³-hybridized carbons (Fsp3) is 0.833. The number of aryl methyl sites for hydroxylation is 2. The minimum Gasteiger partial charge on any atom is -0.230 e. The predicted octanol–water partition coefficient (Wildman–Crippen LogP) is 0.782. The number of hydrogen-bond donors (Lipinski definition) is 0. The summed E-state index contributed by atoms with van der Waals surface area (Å²) in [7, 11) is 0. The molecule has 0 atom stereocenters. The van der Waals surface area contributed by atoms with Gasteiger partial charge in [0.25, 0.3) is 0 Å². The Labute approximate surface area is 60.2 Å². The highest BCUT2D eigenvalue weighted by atomic mass is 15.5. The Kier molecular flexibility index (Phi) is 2.36. The number of rotatable bonds is 3. The van der Waals surface area contributed by atoms with E-state index in [4.69, 9.17) is 0 Å². The van der Waals surface area contributed by atoms with Gasteiger partial charge in [-0.05, 0) is 23.8 Å². The smallest absolute Gasteiger partial charge is 0.148 e. The average molecular weight is 140 g/mol. The summed E-state index contributed by atoms with van der Waals surface area (Å²) in [5.74, 6) is 0.897. The van der Waals surface area contributed by atoms with Crippen LogP contribution in [0.2, 0.25) is 0 Å². The second-order valence-corrected chi connectivity index (χ2v) is 2.30. The molecule has 0 unspecified atom stereocenters. The van der Waals surface area contributed by atoms with Crippen LogP contribution in [0.3, 0.4) is 0 Å². The lowest BCUT2D eigenvalue weighted by Gasteiger charge is -1.97. The lowest BCUT2D eigenvalue weighted by atomic mass is 10.3. The molecule has 0 saturated carbocycles. The van der Waals surface area contributed by atoms with E-state index in [-0.39, 0.29) is 0 Å². The van der Waals surface area contributed by atoms with Gasteiger partial charge in [-0.3, -0.25) is 0 Å². The average Bonchev–Trinajstić information content (AvgIpc) is 2.31. The highest BCUT2D eigenvalue weighted by Crippen LogP contribution is 1.93. The van der Waals surface area contributed by atoms with Crippen molar-refractivity contribution in [1.29, 1.82) is 0 Å². The number of tetrazole rings is 1. The van der Waals surface area contributed by atoms with E-state index in [1.165, 1.54) is 6.42 Å². The van der Waals surface area contributed by atoms with Crippen LogP contribution in [0.15, 0.2) is 0 Å². The maximum atomic E-state index is 3.81. The first kappa shape index (κ1) is 7.18. The molecule has 0 saturated heterocycles. The van der Waals surface area contributed by atoms with Crippen molar-refractivity contribution in [2.75, 3.05) is 0 Å². The second kappa shape index (κ2) is 3.29. The second-order valence-electron chi connectivity index (χ2n) is 2.30. The van der Waals surface area contributed by atoms with Gasteiger partial charge >= 0.3 is 0 Å². The molecule has 0 bridgehead atoms. The molecule has 56 valence electrons. The van der Waals surface area contributed by atoms with Gasteiger partial charge in [0.15, 0.2) is 0 Å². The summed E-state index contributed by atoms with van der Waals surface area (Å²) < 4.78 is 1.82. The standard InChI is InChI=1S/C6H12N4/c1-3-4-5-10-6(2)7-8-9-10/h3-5H2,1-2H3. The van der Waals surface area contributed by atoms with Crippen LogP contribution in [-0.4, -0.2) is 20.2 Å². The van der Waals surface area contributed by atoms with Crippen LogP contribution < -0.4 is 0 Å². The molecule has 1 rings (SSSR count). The molecule has 0 aliphatic heterocycles. The highest BCUT2D eigenvalue weighted by molar-refractivity contribution is 4.72. The highest BCUT2D eigenvalue weighted by Gasteiger charge is 1.96. The van der Waals surface area contributed by atoms with Crippen LogP contribution in [0.1, 0.15) is 25.6 Å². The number of unbranched alkanes of at least 4 members (excludes halogenated alkanes) is 1. The summed E-state index contributed by atoms with van der Waals surface area (Å²) in [6, 6.07) is 0. The van der Waals surface area contributed by atoms with E-state index in [2.05, 4.69) is 22.4 Å². The third-order valence-corrected chi connectivity index (χ3v) is 1.43. The normalized spacial score (nSPS) is 10.2. The quantitative estimate of drug-likeness (QED) is 0.623. The number of nitrogens with zero attached hydrogens (tertiary/aromatic N) is 4. The Morgan fingerprint density at radius 2 is 2.30 bits per heavy atom. The molecule has 4 heteroatoms. The van der Waals surface area contributed by atoms with E-state index in [0.29, 0.717) is 0 Å². The van der Waals surface area contributed by atoms with Gasteiger partial charge in [-0.15, -0.1) is 5.10 Å². The van der Waals surface area contributed by atoms with E-state index in [9.17, 15) is 0 Å². The maximum absolute atomic E-state index is 3.81. The SMILES string of the molecule is CCCCn1nnnc1C. The molecule has 0 aromatic carbocycles. The van der Waals surface area contributed by atoms with Crippen molar-refractivity contribution >= 4 is 0 Å². The van der Waals surface area contributed by atoms with Crippen molar-refractivity contribution in [3.05, 3.63) is 5.82 Å². The molecule has 0 amide bonds. The minimum atomic E-state index is 0.897. The summed E-state index contributed by atoms with van der Waals surface area (Å²) >= 11 is 0. The largest absolute Gasteiger partial charge is 0.230 e. The molecule has 0 aliphatic rings. The Morgan fingerprint density at radius 3 is 2.80 bits per heavy atom. The minimum absolute atomic E-state index is 0.897. The van der Waals surface area contributed by atoms with Crippen LogP contribution >= 0.6 is 0 Å². The lowest BCUT2D eigenvalue weighted by molar-refractivity contribution is 0.541. The first-order valence-corrected chi connectivity index (χ1v) is 3.57. The monoisotopic (exact) mass is 140 g/mol. The van der Waals surface area contributed by atoms with Crippen LogP contribution in [0.4, 0.5) is 0 Å². The molecule has 1 aromatic rings.